The Balaban J connectivity index is 1.95. The predicted molar refractivity (Wildman–Crippen MR) is 86.5 cm³/mol. The molecule has 0 spiro atoms. The minimum atomic E-state index is -0.666. The van der Waals surface area contributed by atoms with E-state index >= 15 is 0 Å². The zero-order chi connectivity index (χ0) is 16.4. The van der Waals surface area contributed by atoms with Gasteiger partial charge in [0.05, 0.1) is 11.4 Å². The highest BCUT2D eigenvalue weighted by molar-refractivity contribution is 6.15. The van der Waals surface area contributed by atoms with Crippen LogP contribution in [0.2, 0.25) is 0 Å². The third-order valence-electron chi connectivity index (χ3n) is 3.77. The molecule has 1 aromatic heterocycles. The van der Waals surface area contributed by atoms with Crippen molar-refractivity contribution in [3.05, 3.63) is 77.9 Å². The van der Waals surface area contributed by atoms with Gasteiger partial charge in [0.1, 0.15) is 6.33 Å². The monoisotopic (exact) mass is 319 g/mol. The molecule has 7 nitrogen and oxygen atoms in total. The normalized spacial score (nSPS) is 15.7. The van der Waals surface area contributed by atoms with Crippen LogP contribution in [0.5, 0.6) is 0 Å². The van der Waals surface area contributed by atoms with Crippen LogP contribution >= 0.6 is 0 Å². The van der Waals surface area contributed by atoms with Crippen molar-refractivity contribution < 1.29 is 9.63 Å². The van der Waals surface area contributed by atoms with Crippen LogP contribution in [-0.4, -0.2) is 26.9 Å². The van der Waals surface area contributed by atoms with Crippen molar-refractivity contribution in [3.8, 4) is 5.69 Å². The predicted octanol–water partition coefficient (Wildman–Crippen LogP) is 1.79. The van der Waals surface area contributed by atoms with Gasteiger partial charge in [-0.1, -0.05) is 48.5 Å². The van der Waals surface area contributed by atoms with Crippen LogP contribution < -0.4 is 5.48 Å². The number of carbonyl (C=O) groups is 1. The lowest BCUT2D eigenvalue weighted by Crippen LogP contribution is -2.22. The SMILES string of the molecule is O=CONC1N=C(c2ccccc2)c2ccccc2-n2cnnc21. The highest BCUT2D eigenvalue weighted by Crippen LogP contribution is 2.28. The number of hydrogen-bond acceptors (Lipinski definition) is 6. The minimum Gasteiger partial charge on any atom is -0.371 e. The molecule has 3 aromatic rings. The molecular weight excluding hydrogens is 306 g/mol. The minimum absolute atomic E-state index is 0.316. The smallest absolute Gasteiger partial charge is 0.312 e. The number of aliphatic imine (C=N–C) groups is 1. The van der Waals surface area contributed by atoms with Gasteiger partial charge in [-0.2, -0.15) is 0 Å². The highest BCUT2D eigenvalue weighted by atomic mass is 16.7. The van der Waals surface area contributed by atoms with Crippen LogP contribution in [0.25, 0.3) is 5.69 Å². The van der Waals surface area contributed by atoms with Crippen LogP contribution in [0.4, 0.5) is 0 Å². The van der Waals surface area contributed by atoms with Crippen LogP contribution in [0, 0.1) is 0 Å². The van der Waals surface area contributed by atoms with E-state index in [-0.39, 0.29) is 0 Å². The molecule has 118 valence electrons. The summed E-state index contributed by atoms with van der Waals surface area (Å²) in [4.78, 5) is 20.0. The summed E-state index contributed by atoms with van der Waals surface area (Å²) in [5, 5.41) is 8.09. The first-order valence-electron chi connectivity index (χ1n) is 7.36. The number of nitrogens with zero attached hydrogens (tertiary/aromatic N) is 4. The van der Waals surface area contributed by atoms with Crippen LogP contribution in [-0.2, 0) is 9.63 Å². The Bertz CT molecular complexity index is 904. The number of nitrogens with one attached hydrogen (secondary N) is 1. The van der Waals surface area contributed by atoms with Crippen molar-refractivity contribution in [1.29, 1.82) is 0 Å². The van der Waals surface area contributed by atoms with E-state index in [0.717, 1.165) is 22.5 Å². The van der Waals surface area contributed by atoms with Gasteiger partial charge in [-0.3, -0.25) is 14.4 Å². The van der Waals surface area contributed by atoms with E-state index in [9.17, 15) is 4.79 Å². The number of benzene rings is 2. The van der Waals surface area contributed by atoms with Gasteiger partial charge in [0.2, 0.25) is 0 Å². The largest absolute Gasteiger partial charge is 0.371 e. The zero-order valence-electron chi connectivity index (χ0n) is 12.5. The maximum absolute atomic E-state index is 10.6. The van der Waals surface area contributed by atoms with Gasteiger partial charge >= 0.3 is 6.47 Å². The molecule has 0 saturated heterocycles. The van der Waals surface area contributed by atoms with Gasteiger partial charge < -0.3 is 4.84 Å². The standard InChI is InChI=1S/C17H13N5O2/c23-11-24-21-16-17-20-18-10-22(17)14-9-5-4-8-13(14)15(19-16)12-6-2-1-3-7-12/h1-11,16,21H. The van der Waals surface area contributed by atoms with Gasteiger partial charge in [0, 0.05) is 11.1 Å². The Morgan fingerprint density at radius 2 is 1.88 bits per heavy atom. The lowest BCUT2D eigenvalue weighted by molar-refractivity contribution is -0.137. The number of aromatic nitrogens is 3. The molecule has 0 amide bonds. The molecule has 0 saturated carbocycles. The maximum atomic E-state index is 10.6. The summed E-state index contributed by atoms with van der Waals surface area (Å²) in [6.45, 7) is 0.316. The van der Waals surface area contributed by atoms with Crippen LogP contribution in [0.1, 0.15) is 23.1 Å². The molecule has 2 heterocycles. The Morgan fingerprint density at radius 3 is 2.71 bits per heavy atom. The van der Waals surface area contributed by atoms with Crippen molar-refractivity contribution in [3.63, 3.8) is 0 Å². The number of carbonyl (C=O) groups excluding carboxylic acids is 1. The summed E-state index contributed by atoms with van der Waals surface area (Å²) in [6.07, 6.45) is 0.952. The van der Waals surface area contributed by atoms with Crippen LogP contribution in [0.3, 0.4) is 0 Å². The molecule has 1 aliphatic heterocycles. The van der Waals surface area contributed by atoms with Gasteiger partial charge in [-0.25, -0.2) is 0 Å². The lowest BCUT2D eigenvalue weighted by Gasteiger charge is -2.11. The third kappa shape index (κ3) is 2.37. The highest BCUT2D eigenvalue weighted by Gasteiger charge is 2.26. The van der Waals surface area contributed by atoms with E-state index in [0.29, 0.717) is 12.3 Å². The van der Waals surface area contributed by atoms with Gasteiger partial charge in [0.25, 0.3) is 0 Å². The second kappa shape index (κ2) is 6.05. The first-order valence-corrected chi connectivity index (χ1v) is 7.36. The molecule has 1 atom stereocenters. The summed E-state index contributed by atoms with van der Waals surface area (Å²) >= 11 is 0. The fourth-order valence-electron chi connectivity index (χ4n) is 2.75. The Kier molecular flexibility index (Phi) is 3.60. The number of fused-ring (bicyclic) bond motifs is 3. The van der Waals surface area contributed by atoms with Crippen molar-refractivity contribution in [2.45, 2.75) is 6.17 Å². The Hall–Kier alpha value is -3.32. The molecule has 0 aliphatic carbocycles. The molecule has 1 unspecified atom stereocenters. The fraction of sp³-hybridized carbons (Fsp3) is 0.0588. The second-order valence-corrected chi connectivity index (χ2v) is 5.15. The molecule has 1 N–H and O–H groups in total. The molecule has 1 aliphatic rings. The first kappa shape index (κ1) is 14.3. The second-order valence-electron chi connectivity index (χ2n) is 5.15. The first-order chi connectivity index (χ1) is 11.9. The summed E-state index contributed by atoms with van der Waals surface area (Å²) in [7, 11) is 0. The topological polar surface area (TPSA) is 81.4 Å². The average Bonchev–Trinajstić information content (AvgIpc) is 3.08. The fourth-order valence-corrected chi connectivity index (χ4v) is 2.75. The van der Waals surface area contributed by atoms with E-state index in [1.807, 2.05) is 59.2 Å². The van der Waals surface area contributed by atoms with Crippen molar-refractivity contribution in [1.82, 2.24) is 20.2 Å². The summed E-state index contributed by atoms with van der Waals surface area (Å²) in [5.41, 5.74) is 6.21. The van der Waals surface area contributed by atoms with E-state index in [2.05, 4.69) is 15.7 Å². The number of hydrogen-bond donors (Lipinski definition) is 1. The number of hydroxylamine groups is 1. The Labute approximate surface area is 137 Å². The quantitative estimate of drug-likeness (QED) is 0.586. The molecule has 0 radical (unpaired) electrons. The van der Waals surface area contributed by atoms with E-state index in [1.165, 1.54) is 0 Å². The number of para-hydroxylation sites is 1. The molecular formula is C17H13N5O2. The molecule has 0 fully saturated rings. The summed E-state index contributed by atoms with van der Waals surface area (Å²) < 4.78 is 1.83. The molecule has 7 heteroatoms. The van der Waals surface area contributed by atoms with Gasteiger partial charge in [-0.05, 0) is 6.07 Å². The van der Waals surface area contributed by atoms with E-state index < -0.39 is 6.17 Å². The lowest BCUT2D eigenvalue weighted by atomic mass is 10.0. The van der Waals surface area contributed by atoms with Crippen molar-refractivity contribution in [2.24, 2.45) is 4.99 Å². The molecule has 2 aromatic carbocycles. The zero-order valence-corrected chi connectivity index (χ0v) is 12.5. The maximum Gasteiger partial charge on any atom is 0.312 e. The van der Waals surface area contributed by atoms with Crippen molar-refractivity contribution >= 4 is 12.2 Å². The third-order valence-corrected chi connectivity index (χ3v) is 3.77. The van der Waals surface area contributed by atoms with Gasteiger partial charge in [-0.15, -0.1) is 15.7 Å². The van der Waals surface area contributed by atoms with E-state index in [1.54, 1.807) is 6.33 Å². The Morgan fingerprint density at radius 1 is 1.08 bits per heavy atom. The van der Waals surface area contributed by atoms with Gasteiger partial charge in [0.15, 0.2) is 12.0 Å². The van der Waals surface area contributed by atoms with Crippen LogP contribution in [0.15, 0.2) is 65.9 Å². The van der Waals surface area contributed by atoms with Crippen molar-refractivity contribution in [2.75, 3.05) is 0 Å². The summed E-state index contributed by atoms with van der Waals surface area (Å²) in [5.74, 6) is 0.537. The average molecular weight is 319 g/mol. The number of rotatable bonds is 4. The molecule has 4 rings (SSSR count). The molecule has 24 heavy (non-hydrogen) atoms. The van der Waals surface area contributed by atoms with E-state index in [4.69, 9.17) is 9.83 Å². The molecule has 0 bridgehead atoms. The summed E-state index contributed by atoms with van der Waals surface area (Å²) in [6, 6.07) is 17.7.